The lowest BCUT2D eigenvalue weighted by Gasteiger charge is -2.39. The second-order valence-electron chi connectivity index (χ2n) is 10.4. The molecule has 1 saturated carbocycles. The number of benzene rings is 1. The SMILES string of the molecule is COc1ccc2ncc(C)c(CCCC3(C(=O)O)CCN(CCC4CCCCC4)CC3)c2c1. The quantitative estimate of drug-likeness (QED) is 0.505. The molecule has 0 spiro atoms. The summed E-state index contributed by atoms with van der Waals surface area (Å²) in [7, 11) is 1.68. The second kappa shape index (κ2) is 10.9. The number of pyridine rings is 1. The van der Waals surface area contributed by atoms with Crippen molar-refractivity contribution in [2.75, 3.05) is 26.7 Å². The normalized spacial score (nSPS) is 19.6. The van der Waals surface area contributed by atoms with Crippen molar-refractivity contribution in [1.29, 1.82) is 0 Å². The molecule has 33 heavy (non-hydrogen) atoms. The lowest BCUT2D eigenvalue weighted by molar-refractivity contribution is -0.152. The lowest BCUT2D eigenvalue weighted by Crippen LogP contribution is -2.45. The second-order valence-corrected chi connectivity index (χ2v) is 10.4. The Bertz CT molecular complexity index is 944. The molecule has 1 saturated heterocycles. The lowest BCUT2D eigenvalue weighted by atomic mass is 9.74. The summed E-state index contributed by atoms with van der Waals surface area (Å²) in [6.45, 7) is 5.09. The Morgan fingerprint density at radius 1 is 1.21 bits per heavy atom. The summed E-state index contributed by atoms with van der Waals surface area (Å²) in [4.78, 5) is 19.4. The predicted octanol–water partition coefficient (Wildman–Crippen LogP) is 6.01. The standard InChI is InChI=1S/C28H40N2O3/c1-21-20-29-26-11-10-23(33-2)19-25(26)24(21)9-6-13-28(27(31)32)14-17-30(18-15-28)16-12-22-7-4-3-5-8-22/h10-11,19-20,22H,3-9,12-18H2,1-2H3,(H,31,32). The van der Waals surface area contributed by atoms with Crippen LogP contribution in [0, 0.1) is 18.3 Å². The Labute approximate surface area is 198 Å². The first-order valence-electron chi connectivity index (χ1n) is 12.9. The zero-order valence-corrected chi connectivity index (χ0v) is 20.4. The molecule has 2 aliphatic rings. The van der Waals surface area contributed by atoms with Gasteiger partial charge in [-0.1, -0.05) is 32.1 Å². The number of hydrogen-bond donors (Lipinski definition) is 1. The van der Waals surface area contributed by atoms with Crippen molar-refractivity contribution >= 4 is 16.9 Å². The van der Waals surface area contributed by atoms with Crippen LogP contribution in [0.15, 0.2) is 24.4 Å². The maximum absolute atomic E-state index is 12.3. The number of carboxylic acids is 1. The van der Waals surface area contributed by atoms with Crippen LogP contribution in [0.4, 0.5) is 0 Å². The zero-order valence-electron chi connectivity index (χ0n) is 20.4. The number of piperidine rings is 1. The van der Waals surface area contributed by atoms with Gasteiger partial charge in [-0.3, -0.25) is 9.78 Å². The zero-order chi connectivity index (χ0) is 23.3. The van der Waals surface area contributed by atoms with Gasteiger partial charge in [0.25, 0.3) is 0 Å². The van der Waals surface area contributed by atoms with E-state index in [1.165, 1.54) is 44.1 Å². The molecular formula is C28H40N2O3. The van der Waals surface area contributed by atoms with Crippen LogP contribution in [0.5, 0.6) is 5.75 Å². The van der Waals surface area contributed by atoms with E-state index in [1.807, 2.05) is 18.3 Å². The minimum Gasteiger partial charge on any atom is -0.497 e. The summed E-state index contributed by atoms with van der Waals surface area (Å²) in [5.41, 5.74) is 2.83. The number of aliphatic carboxylic acids is 1. The van der Waals surface area contributed by atoms with Crippen LogP contribution < -0.4 is 4.74 Å². The molecule has 2 heterocycles. The average molecular weight is 453 g/mol. The molecule has 5 nitrogen and oxygen atoms in total. The van der Waals surface area contributed by atoms with Crippen molar-refractivity contribution in [3.8, 4) is 5.75 Å². The van der Waals surface area contributed by atoms with Gasteiger partial charge in [0, 0.05) is 11.6 Å². The molecule has 0 bridgehead atoms. The summed E-state index contributed by atoms with van der Waals surface area (Å²) >= 11 is 0. The number of nitrogens with zero attached hydrogens (tertiary/aromatic N) is 2. The van der Waals surface area contributed by atoms with Gasteiger partial charge in [0.2, 0.25) is 0 Å². The molecule has 1 aliphatic carbocycles. The number of rotatable bonds is 9. The highest BCUT2D eigenvalue weighted by Crippen LogP contribution is 2.38. The number of ether oxygens (including phenoxy) is 1. The fourth-order valence-electron chi connectivity index (χ4n) is 6.00. The van der Waals surface area contributed by atoms with Gasteiger partial charge >= 0.3 is 5.97 Å². The first-order valence-corrected chi connectivity index (χ1v) is 12.9. The third-order valence-electron chi connectivity index (χ3n) is 8.33. The molecular weight excluding hydrogens is 412 g/mol. The summed E-state index contributed by atoms with van der Waals surface area (Å²) in [5, 5.41) is 11.3. The van der Waals surface area contributed by atoms with E-state index >= 15 is 0 Å². The summed E-state index contributed by atoms with van der Waals surface area (Å²) in [5.74, 6) is 1.12. The molecule has 0 atom stereocenters. The van der Waals surface area contributed by atoms with Crippen molar-refractivity contribution in [2.45, 2.75) is 77.6 Å². The van der Waals surface area contributed by atoms with Gasteiger partial charge in [0.05, 0.1) is 18.0 Å². The predicted molar refractivity (Wildman–Crippen MR) is 133 cm³/mol. The molecule has 0 amide bonds. The largest absolute Gasteiger partial charge is 0.497 e. The van der Waals surface area contributed by atoms with E-state index < -0.39 is 11.4 Å². The van der Waals surface area contributed by atoms with Gasteiger partial charge in [0.15, 0.2) is 0 Å². The molecule has 0 radical (unpaired) electrons. The Hall–Kier alpha value is -2.14. The topological polar surface area (TPSA) is 62.7 Å². The van der Waals surface area contributed by atoms with Crippen molar-refractivity contribution in [3.05, 3.63) is 35.5 Å². The highest BCUT2D eigenvalue weighted by Gasteiger charge is 2.40. The van der Waals surface area contributed by atoms with E-state index in [9.17, 15) is 9.90 Å². The number of hydrogen-bond acceptors (Lipinski definition) is 4. The number of aromatic nitrogens is 1. The fraction of sp³-hybridized carbons (Fsp3) is 0.643. The molecule has 1 aromatic carbocycles. The first-order chi connectivity index (χ1) is 16.0. The number of likely N-dealkylation sites (tertiary alicyclic amines) is 1. The van der Waals surface area contributed by atoms with E-state index in [2.05, 4.69) is 22.9 Å². The third-order valence-corrected chi connectivity index (χ3v) is 8.33. The number of methoxy groups -OCH3 is 1. The maximum atomic E-state index is 12.3. The highest BCUT2D eigenvalue weighted by molar-refractivity contribution is 5.84. The number of aryl methyl sites for hydroxylation is 2. The molecule has 180 valence electrons. The van der Waals surface area contributed by atoms with Gasteiger partial charge in [-0.15, -0.1) is 0 Å². The van der Waals surface area contributed by atoms with Crippen LogP contribution in [0.1, 0.15) is 75.3 Å². The Morgan fingerprint density at radius 3 is 2.67 bits per heavy atom. The smallest absolute Gasteiger partial charge is 0.309 e. The van der Waals surface area contributed by atoms with Gasteiger partial charge in [-0.05, 0) is 100 Å². The summed E-state index contributed by atoms with van der Waals surface area (Å²) in [6.07, 6.45) is 14.2. The molecule has 1 aliphatic heterocycles. The van der Waals surface area contributed by atoms with Crippen LogP contribution >= 0.6 is 0 Å². The minimum atomic E-state index is -0.604. The molecule has 4 rings (SSSR count). The van der Waals surface area contributed by atoms with Crippen molar-refractivity contribution in [3.63, 3.8) is 0 Å². The number of carbonyl (C=O) groups is 1. The van der Waals surface area contributed by atoms with E-state index in [4.69, 9.17) is 4.74 Å². The number of fused-ring (bicyclic) bond motifs is 1. The Morgan fingerprint density at radius 2 is 1.97 bits per heavy atom. The van der Waals surface area contributed by atoms with Crippen LogP contribution in [0.25, 0.3) is 10.9 Å². The van der Waals surface area contributed by atoms with E-state index in [-0.39, 0.29) is 0 Å². The van der Waals surface area contributed by atoms with E-state index in [0.29, 0.717) is 0 Å². The molecule has 5 heteroatoms. The van der Waals surface area contributed by atoms with Crippen molar-refractivity contribution < 1.29 is 14.6 Å². The summed E-state index contributed by atoms with van der Waals surface area (Å²) in [6, 6.07) is 6.00. The number of carboxylic acid groups (broad SMARTS) is 1. The van der Waals surface area contributed by atoms with Crippen LogP contribution in [-0.4, -0.2) is 47.7 Å². The van der Waals surface area contributed by atoms with Crippen molar-refractivity contribution in [2.24, 2.45) is 11.3 Å². The molecule has 2 aromatic rings. The van der Waals surface area contributed by atoms with Gasteiger partial charge in [0.1, 0.15) is 5.75 Å². The molecule has 2 fully saturated rings. The van der Waals surface area contributed by atoms with Crippen LogP contribution in [0.3, 0.4) is 0 Å². The van der Waals surface area contributed by atoms with Gasteiger partial charge in [-0.25, -0.2) is 0 Å². The highest BCUT2D eigenvalue weighted by atomic mass is 16.5. The van der Waals surface area contributed by atoms with E-state index in [1.54, 1.807) is 7.11 Å². The minimum absolute atomic E-state index is 0.574. The Kier molecular flexibility index (Phi) is 7.90. The summed E-state index contributed by atoms with van der Waals surface area (Å²) < 4.78 is 5.42. The maximum Gasteiger partial charge on any atom is 0.309 e. The van der Waals surface area contributed by atoms with Crippen LogP contribution in [0.2, 0.25) is 0 Å². The fourth-order valence-corrected chi connectivity index (χ4v) is 6.00. The molecule has 0 unspecified atom stereocenters. The monoisotopic (exact) mass is 452 g/mol. The van der Waals surface area contributed by atoms with Crippen molar-refractivity contribution in [1.82, 2.24) is 9.88 Å². The van der Waals surface area contributed by atoms with Gasteiger partial charge < -0.3 is 14.7 Å². The third kappa shape index (κ3) is 5.68. The van der Waals surface area contributed by atoms with Crippen LogP contribution in [-0.2, 0) is 11.2 Å². The van der Waals surface area contributed by atoms with E-state index in [0.717, 1.165) is 79.9 Å². The average Bonchev–Trinajstić information content (AvgIpc) is 2.85. The Balaban J connectivity index is 1.35. The molecule has 1 N–H and O–H groups in total. The first kappa shape index (κ1) is 24.0. The van der Waals surface area contributed by atoms with Gasteiger partial charge in [-0.2, -0.15) is 0 Å². The molecule has 1 aromatic heterocycles.